The van der Waals surface area contributed by atoms with Crippen molar-refractivity contribution in [1.29, 1.82) is 0 Å². The summed E-state index contributed by atoms with van der Waals surface area (Å²) in [5.74, 6) is 0.541. The van der Waals surface area contributed by atoms with Crippen LogP contribution >= 0.6 is 0 Å². The molecule has 0 aromatic heterocycles. The Labute approximate surface area is 111 Å². The Morgan fingerprint density at radius 2 is 1.56 bits per heavy atom. The van der Waals surface area contributed by atoms with E-state index in [1.165, 1.54) is 5.56 Å². The minimum Gasteiger partial charge on any atom is -0.388 e. The van der Waals surface area contributed by atoms with Crippen LogP contribution in [0.5, 0.6) is 0 Å². The van der Waals surface area contributed by atoms with E-state index in [2.05, 4.69) is 52.1 Å². The molecule has 0 aliphatic carbocycles. The molecule has 0 saturated carbocycles. The molecule has 0 aliphatic heterocycles. The number of hydrogen-bond acceptors (Lipinski definition) is 2. The van der Waals surface area contributed by atoms with E-state index in [1.807, 2.05) is 12.1 Å². The molecule has 2 N–H and O–H groups in total. The van der Waals surface area contributed by atoms with Gasteiger partial charge in [0.25, 0.3) is 0 Å². The largest absolute Gasteiger partial charge is 0.388 e. The van der Waals surface area contributed by atoms with Gasteiger partial charge in [0.15, 0.2) is 0 Å². The second-order valence-electron chi connectivity index (χ2n) is 6.30. The average Bonchev–Trinajstić information content (AvgIpc) is 2.27. The second-order valence-corrected chi connectivity index (χ2v) is 6.30. The normalized spacial score (nSPS) is 13.9. The molecule has 1 aromatic rings. The van der Waals surface area contributed by atoms with Crippen LogP contribution in [0, 0.1) is 0 Å². The van der Waals surface area contributed by atoms with Gasteiger partial charge in [0.05, 0.1) is 6.10 Å². The maximum absolute atomic E-state index is 10.1. The fourth-order valence-electron chi connectivity index (χ4n) is 1.85. The van der Waals surface area contributed by atoms with Gasteiger partial charge in [-0.05, 0) is 50.8 Å². The molecular weight excluding hydrogens is 222 g/mol. The maximum atomic E-state index is 10.1. The Morgan fingerprint density at radius 3 is 2.00 bits per heavy atom. The Morgan fingerprint density at radius 1 is 1.06 bits per heavy atom. The van der Waals surface area contributed by atoms with Gasteiger partial charge in [-0.1, -0.05) is 38.1 Å². The fourth-order valence-corrected chi connectivity index (χ4v) is 1.85. The lowest BCUT2D eigenvalue weighted by molar-refractivity contribution is 0.163. The standard InChI is InChI=1S/C16H27NO/c1-12(2)13-6-8-14(9-7-13)15(18)10-11-17-16(3,4)5/h6-9,12,15,17-18H,10-11H2,1-5H3. The summed E-state index contributed by atoms with van der Waals surface area (Å²) in [5.41, 5.74) is 2.44. The van der Waals surface area contributed by atoms with Crippen molar-refractivity contribution in [3.05, 3.63) is 35.4 Å². The summed E-state index contributed by atoms with van der Waals surface area (Å²) in [4.78, 5) is 0. The third-order valence-electron chi connectivity index (χ3n) is 3.06. The van der Waals surface area contributed by atoms with Crippen molar-refractivity contribution in [1.82, 2.24) is 5.32 Å². The molecule has 2 nitrogen and oxygen atoms in total. The van der Waals surface area contributed by atoms with Crippen molar-refractivity contribution in [2.75, 3.05) is 6.54 Å². The first-order valence-corrected chi connectivity index (χ1v) is 6.82. The highest BCUT2D eigenvalue weighted by Gasteiger charge is 2.11. The Hall–Kier alpha value is -0.860. The van der Waals surface area contributed by atoms with Gasteiger partial charge in [-0.2, -0.15) is 0 Å². The van der Waals surface area contributed by atoms with Crippen LogP contribution in [-0.2, 0) is 0 Å². The van der Waals surface area contributed by atoms with Gasteiger partial charge >= 0.3 is 0 Å². The molecule has 102 valence electrons. The number of rotatable bonds is 5. The number of nitrogens with one attached hydrogen (secondary N) is 1. The van der Waals surface area contributed by atoms with Crippen LogP contribution in [0.4, 0.5) is 0 Å². The lowest BCUT2D eigenvalue weighted by atomic mass is 9.99. The number of aliphatic hydroxyl groups excluding tert-OH is 1. The molecule has 2 heteroatoms. The fraction of sp³-hybridized carbons (Fsp3) is 0.625. The van der Waals surface area contributed by atoms with Crippen molar-refractivity contribution in [3.63, 3.8) is 0 Å². The molecular formula is C16H27NO. The van der Waals surface area contributed by atoms with E-state index in [0.29, 0.717) is 5.92 Å². The van der Waals surface area contributed by atoms with Gasteiger partial charge in [-0.25, -0.2) is 0 Å². The SMILES string of the molecule is CC(C)c1ccc(C(O)CCNC(C)(C)C)cc1. The van der Waals surface area contributed by atoms with Crippen molar-refractivity contribution >= 4 is 0 Å². The highest BCUT2D eigenvalue weighted by Crippen LogP contribution is 2.20. The van der Waals surface area contributed by atoms with Crippen LogP contribution in [0.25, 0.3) is 0 Å². The van der Waals surface area contributed by atoms with E-state index < -0.39 is 0 Å². The van der Waals surface area contributed by atoms with Crippen molar-refractivity contribution in [2.24, 2.45) is 0 Å². The minimum atomic E-state index is -0.374. The van der Waals surface area contributed by atoms with Crippen molar-refractivity contribution < 1.29 is 5.11 Å². The van der Waals surface area contributed by atoms with Crippen molar-refractivity contribution in [3.8, 4) is 0 Å². The highest BCUT2D eigenvalue weighted by molar-refractivity contribution is 5.26. The Kier molecular flexibility index (Phi) is 5.36. The molecule has 1 aromatic carbocycles. The molecule has 0 heterocycles. The lowest BCUT2D eigenvalue weighted by Gasteiger charge is -2.21. The molecule has 0 radical (unpaired) electrons. The number of aliphatic hydroxyl groups is 1. The molecule has 1 atom stereocenters. The van der Waals surface area contributed by atoms with Gasteiger partial charge in [0.2, 0.25) is 0 Å². The summed E-state index contributed by atoms with van der Waals surface area (Å²) < 4.78 is 0. The molecule has 1 rings (SSSR count). The van der Waals surface area contributed by atoms with E-state index in [1.54, 1.807) is 0 Å². The number of benzene rings is 1. The van der Waals surface area contributed by atoms with Crippen LogP contribution in [0.3, 0.4) is 0 Å². The molecule has 0 aliphatic rings. The van der Waals surface area contributed by atoms with E-state index in [4.69, 9.17) is 0 Å². The van der Waals surface area contributed by atoms with E-state index >= 15 is 0 Å². The quantitative estimate of drug-likeness (QED) is 0.835. The van der Waals surface area contributed by atoms with Gasteiger partial charge in [-0.15, -0.1) is 0 Å². The van der Waals surface area contributed by atoms with E-state index in [9.17, 15) is 5.11 Å². The van der Waals surface area contributed by atoms with E-state index in [-0.39, 0.29) is 11.6 Å². The van der Waals surface area contributed by atoms with Crippen LogP contribution in [0.15, 0.2) is 24.3 Å². The predicted octanol–water partition coefficient (Wildman–Crippen LogP) is 3.62. The minimum absolute atomic E-state index is 0.112. The summed E-state index contributed by atoms with van der Waals surface area (Å²) in [5, 5.41) is 13.5. The highest BCUT2D eigenvalue weighted by atomic mass is 16.3. The summed E-state index contributed by atoms with van der Waals surface area (Å²) in [6.07, 6.45) is 0.374. The number of hydrogen-bond donors (Lipinski definition) is 2. The van der Waals surface area contributed by atoms with Crippen LogP contribution in [0.1, 0.15) is 64.2 Å². The van der Waals surface area contributed by atoms with Crippen LogP contribution < -0.4 is 5.32 Å². The molecule has 0 amide bonds. The maximum Gasteiger partial charge on any atom is 0.0802 e. The van der Waals surface area contributed by atoms with Gasteiger partial charge in [0.1, 0.15) is 0 Å². The molecule has 18 heavy (non-hydrogen) atoms. The summed E-state index contributed by atoms with van der Waals surface area (Å²) in [7, 11) is 0. The van der Waals surface area contributed by atoms with Crippen LogP contribution in [0.2, 0.25) is 0 Å². The predicted molar refractivity (Wildman–Crippen MR) is 77.9 cm³/mol. The molecule has 0 bridgehead atoms. The Bertz CT molecular complexity index is 348. The van der Waals surface area contributed by atoms with Crippen molar-refractivity contribution in [2.45, 2.75) is 58.6 Å². The molecule has 1 unspecified atom stereocenters. The lowest BCUT2D eigenvalue weighted by Crippen LogP contribution is -2.36. The summed E-state index contributed by atoms with van der Waals surface area (Å²) in [6, 6.07) is 8.30. The zero-order valence-corrected chi connectivity index (χ0v) is 12.3. The first-order chi connectivity index (χ1) is 8.29. The molecule has 0 spiro atoms. The third-order valence-corrected chi connectivity index (χ3v) is 3.06. The average molecular weight is 249 g/mol. The topological polar surface area (TPSA) is 32.3 Å². The monoisotopic (exact) mass is 249 g/mol. The smallest absolute Gasteiger partial charge is 0.0802 e. The summed E-state index contributed by atoms with van der Waals surface area (Å²) >= 11 is 0. The Balaban J connectivity index is 2.49. The van der Waals surface area contributed by atoms with Gasteiger partial charge in [-0.3, -0.25) is 0 Å². The zero-order valence-electron chi connectivity index (χ0n) is 12.3. The first kappa shape index (κ1) is 15.2. The molecule has 0 fully saturated rings. The van der Waals surface area contributed by atoms with E-state index in [0.717, 1.165) is 18.5 Å². The summed E-state index contributed by atoms with van der Waals surface area (Å²) in [6.45, 7) is 11.6. The first-order valence-electron chi connectivity index (χ1n) is 6.82. The van der Waals surface area contributed by atoms with Gasteiger partial charge in [0, 0.05) is 5.54 Å². The van der Waals surface area contributed by atoms with Gasteiger partial charge < -0.3 is 10.4 Å². The molecule has 0 saturated heterocycles. The third kappa shape index (κ3) is 5.19. The second kappa shape index (κ2) is 6.35. The van der Waals surface area contributed by atoms with Crippen LogP contribution in [-0.4, -0.2) is 17.2 Å². The zero-order chi connectivity index (χ0) is 13.8.